The van der Waals surface area contributed by atoms with Gasteiger partial charge in [0.25, 0.3) is 0 Å². The van der Waals surface area contributed by atoms with Crippen molar-refractivity contribution in [1.82, 2.24) is 9.97 Å². The summed E-state index contributed by atoms with van der Waals surface area (Å²) in [6.45, 7) is 0. The molecule has 0 bridgehead atoms. The summed E-state index contributed by atoms with van der Waals surface area (Å²) in [6.07, 6.45) is -4.43. The molecule has 1 N–H and O–H groups in total. The first-order valence-electron chi connectivity index (χ1n) is 6.59. The van der Waals surface area contributed by atoms with E-state index in [0.717, 1.165) is 12.1 Å². The summed E-state index contributed by atoms with van der Waals surface area (Å²) >= 11 is 0. The number of hydrogen-bond acceptors (Lipinski definition) is 5. The van der Waals surface area contributed by atoms with Crippen LogP contribution in [0.4, 0.5) is 25.2 Å². The molecule has 0 fully saturated rings. The van der Waals surface area contributed by atoms with Gasteiger partial charge in [0.2, 0.25) is 0 Å². The Kier molecular flexibility index (Phi) is 2.80. The van der Waals surface area contributed by atoms with Crippen molar-refractivity contribution in [1.29, 1.82) is 0 Å². The van der Waals surface area contributed by atoms with Gasteiger partial charge in [0.05, 0.1) is 5.56 Å². The fraction of sp³-hybridized carbons (Fsp3) is 0.0667. The van der Waals surface area contributed by atoms with Crippen LogP contribution in [0.15, 0.2) is 51.3 Å². The average molecular weight is 319 g/mol. The summed E-state index contributed by atoms with van der Waals surface area (Å²) < 4.78 is 48.9. The van der Waals surface area contributed by atoms with Gasteiger partial charge in [-0.05, 0) is 30.3 Å². The molecule has 5 nitrogen and oxygen atoms in total. The Hall–Kier alpha value is -3.03. The minimum Gasteiger partial charge on any atom is -0.423 e. The zero-order chi connectivity index (χ0) is 16.0. The second kappa shape index (κ2) is 4.73. The largest absolute Gasteiger partial charge is 0.423 e. The molecular weight excluding hydrogens is 311 g/mol. The molecule has 4 aromatic rings. The van der Waals surface area contributed by atoms with E-state index in [4.69, 9.17) is 8.83 Å². The maximum Gasteiger partial charge on any atom is 0.416 e. The number of nitrogens with one attached hydrogen (secondary N) is 1. The number of halogens is 3. The number of oxazole rings is 2. The Morgan fingerprint density at radius 3 is 2.17 bits per heavy atom. The van der Waals surface area contributed by atoms with Gasteiger partial charge in [0.15, 0.2) is 11.2 Å². The van der Waals surface area contributed by atoms with Crippen LogP contribution < -0.4 is 5.32 Å². The van der Waals surface area contributed by atoms with E-state index in [9.17, 15) is 13.2 Å². The molecule has 116 valence electrons. The van der Waals surface area contributed by atoms with E-state index in [-0.39, 0.29) is 23.1 Å². The lowest BCUT2D eigenvalue weighted by Crippen LogP contribution is -2.03. The van der Waals surface area contributed by atoms with Gasteiger partial charge < -0.3 is 8.83 Å². The Morgan fingerprint density at radius 1 is 0.826 bits per heavy atom. The molecule has 23 heavy (non-hydrogen) atoms. The zero-order valence-corrected chi connectivity index (χ0v) is 11.4. The van der Waals surface area contributed by atoms with E-state index in [1.54, 1.807) is 18.2 Å². The highest BCUT2D eigenvalue weighted by molar-refractivity contribution is 5.77. The number of alkyl halides is 3. The molecule has 0 aliphatic carbocycles. The molecule has 0 spiro atoms. The van der Waals surface area contributed by atoms with Crippen molar-refractivity contribution in [2.75, 3.05) is 5.32 Å². The Balaban J connectivity index is 1.68. The molecule has 0 atom stereocenters. The molecule has 4 rings (SSSR count). The van der Waals surface area contributed by atoms with Gasteiger partial charge in [-0.2, -0.15) is 23.1 Å². The number of anilines is 2. The van der Waals surface area contributed by atoms with Crippen molar-refractivity contribution in [3.8, 4) is 0 Å². The minimum absolute atomic E-state index is 0.00545. The molecular formula is C15H8F3N3O2. The van der Waals surface area contributed by atoms with Crippen LogP contribution in [-0.2, 0) is 6.18 Å². The summed E-state index contributed by atoms with van der Waals surface area (Å²) in [5, 5.41) is 2.70. The highest BCUT2D eigenvalue weighted by Gasteiger charge is 2.31. The Labute approximate surface area is 126 Å². The highest BCUT2D eigenvalue weighted by Crippen LogP contribution is 2.32. The van der Waals surface area contributed by atoms with Crippen molar-refractivity contribution >= 4 is 34.2 Å². The first-order chi connectivity index (χ1) is 11.0. The van der Waals surface area contributed by atoms with Crippen LogP contribution in [0, 0.1) is 0 Å². The second-order valence-corrected chi connectivity index (χ2v) is 4.81. The molecule has 0 saturated carbocycles. The molecule has 2 heterocycles. The van der Waals surface area contributed by atoms with Crippen LogP contribution in [0.5, 0.6) is 0 Å². The molecule has 0 aliphatic heterocycles. The van der Waals surface area contributed by atoms with Crippen molar-refractivity contribution in [2.45, 2.75) is 6.18 Å². The van der Waals surface area contributed by atoms with Crippen molar-refractivity contribution in [3.05, 3.63) is 48.0 Å². The van der Waals surface area contributed by atoms with E-state index in [0.29, 0.717) is 11.1 Å². The van der Waals surface area contributed by atoms with Gasteiger partial charge in [0.1, 0.15) is 11.0 Å². The Morgan fingerprint density at radius 2 is 1.48 bits per heavy atom. The third kappa shape index (κ3) is 2.48. The summed E-state index contributed by atoms with van der Waals surface area (Å²) in [5.41, 5.74) is 0.762. The van der Waals surface area contributed by atoms with Crippen molar-refractivity contribution in [3.63, 3.8) is 0 Å². The topological polar surface area (TPSA) is 64.1 Å². The van der Waals surface area contributed by atoms with Gasteiger partial charge in [0, 0.05) is 0 Å². The van der Waals surface area contributed by atoms with E-state index >= 15 is 0 Å². The predicted molar refractivity (Wildman–Crippen MR) is 76.3 cm³/mol. The molecule has 2 aromatic heterocycles. The van der Waals surface area contributed by atoms with Gasteiger partial charge in [-0.1, -0.05) is 12.1 Å². The first-order valence-corrected chi connectivity index (χ1v) is 6.59. The summed E-state index contributed by atoms with van der Waals surface area (Å²) in [7, 11) is 0. The fourth-order valence-corrected chi connectivity index (χ4v) is 2.17. The van der Waals surface area contributed by atoms with Crippen molar-refractivity contribution in [2.24, 2.45) is 0 Å². The van der Waals surface area contributed by atoms with Crippen LogP contribution in [0.1, 0.15) is 5.56 Å². The van der Waals surface area contributed by atoms with E-state index in [1.807, 2.05) is 6.07 Å². The third-order valence-corrected chi connectivity index (χ3v) is 3.22. The molecule has 0 unspecified atom stereocenters. The fourth-order valence-electron chi connectivity index (χ4n) is 2.17. The maximum absolute atomic E-state index is 12.7. The van der Waals surface area contributed by atoms with Crippen LogP contribution in [0.3, 0.4) is 0 Å². The second-order valence-electron chi connectivity index (χ2n) is 4.81. The molecule has 0 saturated heterocycles. The molecule has 0 radical (unpaired) electrons. The minimum atomic E-state index is -4.43. The van der Waals surface area contributed by atoms with Gasteiger partial charge in [-0.15, -0.1) is 0 Å². The maximum atomic E-state index is 12.7. The molecule has 0 aliphatic rings. The lowest BCUT2D eigenvalue weighted by Gasteiger charge is -2.04. The standard InChI is InChI=1S/C15H8F3N3O2/c16-15(17,18)8-5-6-12-10(7-8)20-14(23-12)21-13-19-9-3-1-2-4-11(9)22-13/h1-7H,(H,19,20,21). The van der Waals surface area contributed by atoms with E-state index < -0.39 is 11.7 Å². The van der Waals surface area contributed by atoms with Crippen LogP contribution in [0.25, 0.3) is 22.2 Å². The zero-order valence-electron chi connectivity index (χ0n) is 11.4. The normalized spacial score (nSPS) is 12.1. The monoisotopic (exact) mass is 319 g/mol. The van der Waals surface area contributed by atoms with Crippen LogP contribution >= 0.6 is 0 Å². The van der Waals surface area contributed by atoms with Crippen molar-refractivity contribution < 1.29 is 22.0 Å². The summed E-state index contributed by atoms with van der Waals surface area (Å²) in [6, 6.07) is 10.4. The van der Waals surface area contributed by atoms with Crippen LogP contribution in [0.2, 0.25) is 0 Å². The SMILES string of the molecule is FC(F)(F)c1ccc2oc(Nc3nc4ccccc4o3)nc2c1. The Bertz CT molecular complexity index is 971. The molecule has 2 aromatic carbocycles. The highest BCUT2D eigenvalue weighted by atomic mass is 19.4. The molecule has 8 heteroatoms. The average Bonchev–Trinajstić information content (AvgIpc) is 3.07. The number of benzene rings is 2. The number of nitrogens with zero attached hydrogens (tertiary/aromatic N) is 2. The third-order valence-electron chi connectivity index (χ3n) is 3.22. The number of hydrogen-bond donors (Lipinski definition) is 1. The van der Waals surface area contributed by atoms with E-state index in [1.165, 1.54) is 6.07 Å². The van der Waals surface area contributed by atoms with Gasteiger partial charge >= 0.3 is 18.2 Å². The number of rotatable bonds is 2. The van der Waals surface area contributed by atoms with Gasteiger partial charge in [-0.25, -0.2) is 0 Å². The molecule has 0 amide bonds. The first kappa shape index (κ1) is 13.6. The lowest BCUT2D eigenvalue weighted by molar-refractivity contribution is -0.137. The van der Waals surface area contributed by atoms with E-state index in [2.05, 4.69) is 15.3 Å². The number of para-hydroxylation sites is 2. The smallest absolute Gasteiger partial charge is 0.416 e. The van der Waals surface area contributed by atoms with Gasteiger partial charge in [-0.3, -0.25) is 5.32 Å². The number of aromatic nitrogens is 2. The summed E-state index contributed by atoms with van der Waals surface area (Å²) in [4.78, 5) is 8.15. The quantitative estimate of drug-likeness (QED) is 0.578. The predicted octanol–water partition coefficient (Wildman–Crippen LogP) is 4.73. The van der Waals surface area contributed by atoms with Crippen LogP contribution in [-0.4, -0.2) is 9.97 Å². The lowest BCUT2D eigenvalue weighted by atomic mass is 10.2. The number of fused-ring (bicyclic) bond motifs is 2. The summed E-state index contributed by atoms with van der Waals surface area (Å²) in [5.74, 6) is 0.